The summed E-state index contributed by atoms with van der Waals surface area (Å²) in [5.41, 5.74) is 2.98. The number of unbranched alkanes of at least 4 members (excludes halogenated alkanes) is 1. The van der Waals surface area contributed by atoms with Crippen molar-refractivity contribution >= 4 is 17.4 Å². The van der Waals surface area contributed by atoms with Gasteiger partial charge in [0, 0.05) is 19.2 Å². The van der Waals surface area contributed by atoms with Crippen molar-refractivity contribution in [1.29, 1.82) is 0 Å². The van der Waals surface area contributed by atoms with Crippen molar-refractivity contribution in [1.82, 2.24) is 4.98 Å². The molecule has 4 heteroatoms. The predicted molar refractivity (Wildman–Crippen MR) is 106 cm³/mol. The topological polar surface area (TPSA) is 45.2 Å². The van der Waals surface area contributed by atoms with Crippen molar-refractivity contribution in [2.24, 2.45) is 0 Å². The van der Waals surface area contributed by atoms with E-state index >= 15 is 0 Å². The summed E-state index contributed by atoms with van der Waals surface area (Å²) in [6.07, 6.45) is 4.12. The van der Waals surface area contributed by atoms with Gasteiger partial charge in [0.25, 0.3) is 5.91 Å². The summed E-state index contributed by atoms with van der Waals surface area (Å²) in [5, 5.41) is 2.86. The summed E-state index contributed by atoms with van der Waals surface area (Å²) < 4.78 is 0. The van der Waals surface area contributed by atoms with E-state index in [4.69, 9.17) is 0 Å². The number of anilines is 2. The SMILES string of the molecule is CCCCN(C)c1ccc(NC(=O)c2ccc(C(C)(C)C)cc2)nc1. The van der Waals surface area contributed by atoms with Gasteiger partial charge in [0.05, 0.1) is 11.9 Å². The number of pyridine rings is 1. The second-order valence-electron chi connectivity index (χ2n) is 7.46. The van der Waals surface area contributed by atoms with E-state index in [2.05, 4.69) is 49.9 Å². The molecule has 0 saturated carbocycles. The summed E-state index contributed by atoms with van der Waals surface area (Å²) in [4.78, 5) is 18.9. The van der Waals surface area contributed by atoms with Crippen LogP contribution in [0.4, 0.5) is 11.5 Å². The maximum absolute atomic E-state index is 12.4. The molecule has 1 heterocycles. The van der Waals surface area contributed by atoms with Gasteiger partial charge in [-0.25, -0.2) is 4.98 Å². The molecule has 1 amide bonds. The number of carbonyl (C=O) groups excluding carboxylic acids is 1. The van der Waals surface area contributed by atoms with Crippen molar-refractivity contribution < 1.29 is 4.79 Å². The quantitative estimate of drug-likeness (QED) is 0.817. The van der Waals surface area contributed by atoms with Gasteiger partial charge in [0.1, 0.15) is 5.82 Å². The molecule has 1 N–H and O–H groups in total. The molecular weight excluding hydrogens is 310 g/mol. The first-order valence-corrected chi connectivity index (χ1v) is 8.90. The number of nitrogens with zero attached hydrogens (tertiary/aromatic N) is 2. The molecule has 0 radical (unpaired) electrons. The van der Waals surface area contributed by atoms with Crippen molar-refractivity contribution in [3.05, 3.63) is 53.7 Å². The largest absolute Gasteiger partial charge is 0.373 e. The molecule has 0 bridgehead atoms. The third kappa shape index (κ3) is 5.31. The van der Waals surface area contributed by atoms with Gasteiger partial charge in [-0.15, -0.1) is 0 Å². The standard InChI is InChI=1S/C21H29N3O/c1-6-7-14-24(5)18-12-13-19(22-15-18)23-20(25)16-8-10-17(11-9-16)21(2,3)4/h8-13,15H,6-7,14H2,1-5H3,(H,22,23,25). The molecule has 0 atom stereocenters. The second-order valence-corrected chi connectivity index (χ2v) is 7.46. The zero-order chi connectivity index (χ0) is 18.4. The van der Waals surface area contributed by atoms with Gasteiger partial charge in [-0.05, 0) is 41.7 Å². The van der Waals surface area contributed by atoms with Gasteiger partial charge in [-0.1, -0.05) is 46.2 Å². The van der Waals surface area contributed by atoms with Crippen LogP contribution >= 0.6 is 0 Å². The Morgan fingerprint density at radius 2 is 1.80 bits per heavy atom. The molecule has 2 rings (SSSR count). The van der Waals surface area contributed by atoms with Crippen LogP contribution in [0.15, 0.2) is 42.6 Å². The van der Waals surface area contributed by atoms with Gasteiger partial charge in [0.2, 0.25) is 0 Å². The Kier molecular flexibility index (Phi) is 6.18. The second kappa shape index (κ2) is 8.15. The number of benzene rings is 1. The molecule has 2 aromatic rings. The first-order chi connectivity index (χ1) is 11.8. The van der Waals surface area contributed by atoms with Crippen LogP contribution in [-0.2, 0) is 5.41 Å². The van der Waals surface area contributed by atoms with Crippen LogP contribution in [0.1, 0.15) is 56.5 Å². The lowest BCUT2D eigenvalue weighted by atomic mass is 9.87. The molecule has 0 spiro atoms. The summed E-state index contributed by atoms with van der Waals surface area (Å²) in [5.74, 6) is 0.428. The van der Waals surface area contributed by atoms with Gasteiger partial charge < -0.3 is 10.2 Å². The normalized spacial score (nSPS) is 11.2. The third-order valence-corrected chi connectivity index (χ3v) is 4.29. The Labute approximate surface area is 151 Å². The number of nitrogens with one attached hydrogen (secondary N) is 1. The monoisotopic (exact) mass is 339 g/mol. The molecule has 1 aromatic carbocycles. The smallest absolute Gasteiger partial charge is 0.256 e. The lowest BCUT2D eigenvalue weighted by Crippen LogP contribution is -2.19. The summed E-state index contributed by atoms with van der Waals surface area (Å²) in [6, 6.07) is 11.6. The Morgan fingerprint density at radius 1 is 1.12 bits per heavy atom. The Bertz CT molecular complexity index is 685. The molecule has 0 aliphatic carbocycles. The van der Waals surface area contributed by atoms with Gasteiger partial charge in [-0.2, -0.15) is 0 Å². The molecule has 0 unspecified atom stereocenters. The highest BCUT2D eigenvalue weighted by Gasteiger charge is 2.14. The minimum atomic E-state index is -0.139. The Balaban J connectivity index is 2.00. The van der Waals surface area contributed by atoms with Gasteiger partial charge in [0.15, 0.2) is 0 Å². The average molecular weight is 339 g/mol. The zero-order valence-electron chi connectivity index (χ0n) is 16.0. The van der Waals surface area contributed by atoms with E-state index in [0.29, 0.717) is 11.4 Å². The molecule has 25 heavy (non-hydrogen) atoms. The minimum absolute atomic E-state index is 0.0796. The predicted octanol–water partition coefficient (Wildman–Crippen LogP) is 4.87. The number of hydrogen-bond acceptors (Lipinski definition) is 3. The van der Waals surface area contributed by atoms with E-state index in [1.54, 1.807) is 6.20 Å². The van der Waals surface area contributed by atoms with Gasteiger partial charge >= 0.3 is 0 Å². The van der Waals surface area contributed by atoms with Crippen LogP contribution in [0.5, 0.6) is 0 Å². The van der Waals surface area contributed by atoms with Crippen molar-refractivity contribution in [3.8, 4) is 0 Å². The number of amides is 1. The average Bonchev–Trinajstić information content (AvgIpc) is 2.59. The number of rotatable bonds is 6. The Hall–Kier alpha value is -2.36. The molecule has 0 saturated heterocycles. The van der Waals surface area contributed by atoms with E-state index in [9.17, 15) is 4.79 Å². The number of hydrogen-bond donors (Lipinski definition) is 1. The number of carbonyl (C=O) groups is 1. The molecule has 0 aliphatic rings. The molecule has 134 valence electrons. The highest BCUT2D eigenvalue weighted by atomic mass is 16.1. The van der Waals surface area contributed by atoms with Crippen LogP contribution in [-0.4, -0.2) is 24.5 Å². The van der Waals surface area contributed by atoms with Crippen molar-refractivity contribution in [2.45, 2.75) is 46.0 Å². The van der Waals surface area contributed by atoms with E-state index in [0.717, 1.165) is 18.7 Å². The maximum atomic E-state index is 12.4. The lowest BCUT2D eigenvalue weighted by molar-refractivity contribution is 0.102. The molecule has 0 fully saturated rings. The molecule has 0 aliphatic heterocycles. The maximum Gasteiger partial charge on any atom is 0.256 e. The fourth-order valence-electron chi connectivity index (χ4n) is 2.52. The summed E-state index contributed by atoms with van der Waals surface area (Å²) in [6.45, 7) is 9.66. The van der Waals surface area contributed by atoms with Crippen LogP contribution < -0.4 is 10.2 Å². The first-order valence-electron chi connectivity index (χ1n) is 8.90. The third-order valence-electron chi connectivity index (χ3n) is 4.29. The first kappa shape index (κ1) is 19.0. The number of aromatic nitrogens is 1. The molecule has 1 aromatic heterocycles. The molecule has 4 nitrogen and oxygen atoms in total. The van der Waals surface area contributed by atoms with Crippen molar-refractivity contribution in [2.75, 3.05) is 23.8 Å². The fraction of sp³-hybridized carbons (Fsp3) is 0.429. The zero-order valence-corrected chi connectivity index (χ0v) is 16.0. The van der Waals surface area contributed by atoms with E-state index < -0.39 is 0 Å². The van der Waals surface area contributed by atoms with Crippen LogP contribution in [0.3, 0.4) is 0 Å². The van der Waals surface area contributed by atoms with Crippen molar-refractivity contribution in [3.63, 3.8) is 0 Å². The highest BCUT2D eigenvalue weighted by molar-refractivity contribution is 6.03. The van der Waals surface area contributed by atoms with E-state index in [1.807, 2.05) is 36.4 Å². The van der Waals surface area contributed by atoms with Crippen LogP contribution in [0, 0.1) is 0 Å². The highest BCUT2D eigenvalue weighted by Crippen LogP contribution is 2.22. The Morgan fingerprint density at radius 3 is 2.32 bits per heavy atom. The van der Waals surface area contributed by atoms with Gasteiger partial charge in [-0.3, -0.25) is 4.79 Å². The van der Waals surface area contributed by atoms with Crippen LogP contribution in [0.2, 0.25) is 0 Å². The van der Waals surface area contributed by atoms with Crippen LogP contribution in [0.25, 0.3) is 0 Å². The molecular formula is C21H29N3O. The van der Waals surface area contributed by atoms with E-state index in [-0.39, 0.29) is 11.3 Å². The lowest BCUT2D eigenvalue weighted by Gasteiger charge is -2.19. The summed E-state index contributed by atoms with van der Waals surface area (Å²) >= 11 is 0. The van der Waals surface area contributed by atoms with E-state index in [1.165, 1.54) is 12.0 Å². The minimum Gasteiger partial charge on any atom is -0.373 e. The fourth-order valence-corrected chi connectivity index (χ4v) is 2.52. The summed E-state index contributed by atoms with van der Waals surface area (Å²) in [7, 11) is 2.06.